The Hall–Kier alpha value is -2.81. The van der Waals surface area contributed by atoms with Gasteiger partial charge in [-0.15, -0.1) is 11.6 Å². The average Bonchev–Trinajstić information content (AvgIpc) is 3.18. The van der Waals surface area contributed by atoms with Crippen LogP contribution in [0.3, 0.4) is 0 Å². The molecule has 1 aliphatic heterocycles. The van der Waals surface area contributed by atoms with Crippen molar-refractivity contribution in [2.24, 2.45) is 7.05 Å². The molecule has 0 saturated carbocycles. The van der Waals surface area contributed by atoms with Gasteiger partial charge in [0, 0.05) is 32.1 Å². The quantitative estimate of drug-likeness (QED) is 0.467. The number of aromatic nitrogens is 2. The van der Waals surface area contributed by atoms with E-state index in [2.05, 4.69) is 26.7 Å². The molecule has 1 saturated heterocycles. The Labute approximate surface area is 214 Å². The smallest absolute Gasteiger partial charge is 0.272 e. The van der Waals surface area contributed by atoms with Crippen LogP contribution in [-0.4, -0.2) is 65.9 Å². The standard InChI is InChI=1S/C25H29Cl2N5O3/c1-25(2,15-28-22(33)14-26)29-24(34)23-18-6-4-17(13-21(18)31(3)30-23)16-5-7-20(19(27)12-16)32-8-10-35-11-9-32/h4-7,12-13H,8-11,14-15H2,1-3H3,(H,28,33)(H,29,34). The molecule has 2 heterocycles. The highest BCUT2D eigenvalue weighted by molar-refractivity contribution is 6.33. The van der Waals surface area contributed by atoms with Crippen LogP contribution >= 0.6 is 23.2 Å². The maximum Gasteiger partial charge on any atom is 0.272 e. The highest BCUT2D eigenvalue weighted by atomic mass is 35.5. The number of ether oxygens (including phenoxy) is 1. The van der Waals surface area contributed by atoms with Gasteiger partial charge in [-0.1, -0.05) is 23.7 Å². The lowest BCUT2D eigenvalue weighted by atomic mass is 10.0. The van der Waals surface area contributed by atoms with E-state index in [1.807, 2.05) is 51.2 Å². The second-order valence-electron chi connectivity index (χ2n) is 9.22. The van der Waals surface area contributed by atoms with E-state index in [4.69, 9.17) is 27.9 Å². The van der Waals surface area contributed by atoms with Crippen molar-refractivity contribution in [3.63, 3.8) is 0 Å². The van der Waals surface area contributed by atoms with Crippen LogP contribution in [0.1, 0.15) is 24.3 Å². The van der Waals surface area contributed by atoms with Gasteiger partial charge in [-0.3, -0.25) is 14.3 Å². The van der Waals surface area contributed by atoms with Gasteiger partial charge in [0.05, 0.1) is 35.0 Å². The summed E-state index contributed by atoms with van der Waals surface area (Å²) in [6, 6.07) is 11.9. The van der Waals surface area contributed by atoms with Crippen LogP contribution in [0.2, 0.25) is 5.02 Å². The predicted octanol–water partition coefficient (Wildman–Crippen LogP) is 3.59. The molecule has 0 radical (unpaired) electrons. The van der Waals surface area contributed by atoms with Crippen molar-refractivity contribution in [3.05, 3.63) is 47.1 Å². The molecule has 0 bridgehead atoms. The van der Waals surface area contributed by atoms with Gasteiger partial charge >= 0.3 is 0 Å². The third-order valence-electron chi connectivity index (χ3n) is 6.00. The second-order valence-corrected chi connectivity index (χ2v) is 9.89. The molecule has 4 rings (SSSR count). The number of nitrogens with one attached hydrogen (secondary N) is 2. The molecule has 0 atom stereocenters. The minimum absolute atomic E-state index is 0.127. The largest absolute Gasteiger partial charge is 0.378 e. The number of aryl methyl sites for hydroxylation is 1. The molecule has 10 heteroatoms. The van der Waals surface area contributed by atoms with Gasteiger partial charge in [-0.2, -0.15) is 5.10 Å². The molecule has 2 N–H and O–H groups in total. The summed E-state index contributed by atoms with van der Waals surface area (Å²) < 4.78 is 7.13. The Morgan fingerprint density at radius 3 is 2.49 bits per heavy atom. The third-order valence-corrected chi connectivity index (χ3v) is 6.55. The maximum atomic E-state index is 13.0. The Balaban J connectivity index is 1.56. The molecule has 8 nitrogen and oxygen atoms in total. The number of anilines is 1. The number of halogens is 2. The third kappa shape index (κ3) is 5.72. The number of hydrogen-bond acceptors (Lipinski definition) is 5. The molecular weight excluding hydrogens is 489 g/mol. The van der Waals surface area contributed by atoms with Crippen molar-refractivity contribution in [1.82, 2.24) is 20.4 Å². The van der Waals surface area contributed by atoms with Crippen molar-refractivity contribution in [2.75, 3.05) is 43.6 Å². The maximum absolute atomic E-state index is 13.0. The minimum Gasteiger partial charge on any atom is -0.378 e. The summed E-state index contributed by atoms with van der Waals surface area (Å²) in [7, 11) is 1.81. The SMILES string of the molecule is Cn1nc(C(=O)NC(C)(C)CNC(=O)CCl)c2ccc(-c3ccc(N4CCOCC4)c(Cl)c3)cc21. The summed E-state index contributed by atoms with van der Waals surface area (Å²) in [5, 5.41) is 11.5. The molecule has 0 unspecified atom stereocenters. The molecule has 1 aromatic heterocycles. The van der Waals surface area contributed by atoms with Gasteiger partial charge < -0.3 is 20.3 Å². The number of carbonyl (C=O) groups is 2. The molecule has 1 aliphatic rings. The zero-order valence-electron chi connectivity index (χ0n) is 20.0. The molecule has 35 heavy (non-hydrogen) atoms. The Morgan fingerprint density at radius 2 is 1.80 bits per heavy atom. The molecule has 2 amide bonds. The number of amides is 2. The van der Waals surface area contributed by atoms with Crippen LogP contribution in [0.4, 0.5) is 5.69 Å². The van der Waals surface area contributed by atoms with Gasteiger partial charge in [0.15, 0.2) is 5.69 Å². The number of hydrogen-bond donors (Lipinski definition) is 2. The van der Waals surface area contributed by atoms with E-state index >= 15 is 0 Å². The summed E-state index contributed by atoms with van der Waals surface area (Å²) in [6.07, 6.45) is 0. The van der Waals surface area contributed by atoms with E-state index in [1.54, 1.807) is 4.68 Å². The van der Waals surface area contributed by atoms with Crippen LogP contribution in [0.15, 0.2) is 36.4 Å². The molecule has 1 fully saturated rings. The average molecular weight is 518 g/mol. The van der Waals surface area contributed by atoms with Crippen LogP contribution in [0.25, 0.3) is 22.0 Å². The molecule has 0 aliphatic carbocycles. The number of carbonyl (C=O) groups excluding carboxylic acids is 2. The summed E-state index contributed by atoms with van der Waals surface area (Å²) >= 11 is 12.2. The van der Waals surface area contributed by atoms with E-state index in [0.29, 0.717) is 23.9 Å². The monoisotopic (exact) mass is 517 g/mol. The fourth-order valence-corrected chi connectivity index (χ4v) is 4.52. The van der Waals surface area contributed by atoms with Crippen LogP contribution in [0.5, 0.6) is 0 Å². The Morgan fingerprint density at radius 1 is 1.11 bits per heavy atom. The van der Waals surface area contributed by atoms with Crippen molar-refractivity contribution in [2.45, 2.75) is 19.4 Å². The predicted molar refractivity (Wildman–Crippen MR) is 139 cm³/mol. The van der Waals surface area contributed by atoms with Crippen molar-refractivity contribution >= 4 is 51.6 Å². The van der Waals surface area contributed by atoms with Crippen LogP contribution < -0.4 is 15.5 Å². The first-order chi connectivity index (χ1) is 16.7. The van der Waals surface area contributed by atoms with Crippen LogP contribution in [0, 0.1) is 0 Å². The zero-order chi connectivity index (χ0) is 25.2. The lowest BCUT2D eigenvalue weighted by molar-refractivity contribution is -0.118. The highest BCUT2D eigenvalue weighted by Crippen LogP contribution is 2.33. The number of alkyl halides is 1. The summed E-state index contributed by atoms with van der Waals surface area (Å²) in [5.74, 6) is -0.729. The van der Waals surface area contributed by atoms with Gasteiger partial charge in [-0.25, -0.2) is 0 Å². The first-order valence-electron chi connectivity index (χ1n) is 11.4. The van der Waals surface area contributed by atoms with E-state index in [9.17, 15) is 9.59 Å². The number of benzene rings is 2. The Bertz CT molecular complexity index is 1250. The summed E-state index contributed by atoms with van der Waals surface area (Å²) in [6.45, 7) is 6.94. The molecule has 186 valence electrons. The fraction of sp³-hybridized carbons (Fsp3) is 0.400. The number of nitrogens with zero attached hydrogens (tertiary/aromatic N) is 3. The molecule has 3 aromatic rings. The van der Waals surface area contributed by atoms with E-state index in [-0.39, 0.29) is 24.2 Å². The van der Waals surface area contributed by atoms with Gasteiger partial charge in [0.25, 0.3) is 5.91 Å². The highest BCUT2D eigenvalue weighted by Gasteiger charge is 2.25. The van der Waals surface area contributed by atoms with Crippen molar-refractivity contribution in [1.29, 1.82) is 0 Å². The van der Waals surface area contributed by atoms with Crippen LogP contribution in [-0.2, 0) is 16.6 Å². The number of rotatable bonds is 7. The van der Waals surface area contributed by atoms with E-state index in [0.717, 1.165) is 40.8 Å². The van der Waals surface area contributed by atoms with Gasteiger partial charge in [0.1, 0.15) is 5.88 Å². The van der Waals surface area contributed by atoms with E-state index < -0.39 is 5.54 Å². The molecule has 2 aromatic carbocycles. The molecular formula is C25H29Cl2N5O3. The zero-order valence-corrected chi connectivity index (χ0v) is 21.5. The van der Waals surface area contributed by atoms with Crippen molar-refractivity contribution < 1.29 is 14.3 Å². The minimum atomic E-state index is -0.679. The summed E-state index contributed by atoms with van der Waals surface area (Å²) in [5.41, 5.74) is 3.44. The topological polar surface area (TPSA) is 88.5 Å². The fourth-order valence-electron chi connectivity index (χ4n) is 4.13. The Kier molecular flexibility index (Phi) is 7.54. The van der Waals surface area contributed by atoms with Gasteiger partial charge in [-0.05, 0) is 49.2 Å². The number of fused-ring (bicyclic) bond motifs is 1. The van der Waals surface area contributed by atoms with Gasteiger partial charge in [0.2, 0.25) is 5.91 Å². The first-order valence-corrected chi connectivity index (χ1v) is 12.3. The van der Waals surface area contributed by atoms with Crippen molar-refractivity contribution in [3.8, 4) is 11.1 Å². The number of morpholine rings is 1. The normalized spacial score (nSPS) is 14.3. The second kappa shape index (κ2) is 10.4. The summed E-state index contributed by atoms with van der Waals surface area (Å²) in [4.78, 5) is 26.7. The lowest BCUT2D eigenvalue weighted by Gasteiger charge is -2.29. The van der Waals surface area contributed by atoms with E-state index in [1.165, 1.54) is 0 Å². The first kappa shape index (κ1) is 25.3. The molecule has 0 spiro atoms. The lowest BCUT2D eigenvalue weighted by Crippen LogP contribution is -2.51.